The van der Waals surface area contributed by atoms with Crippen LogP contribution in [0.5, 0.6) is 0 Å². The quantitative estimate of drug-likeness (QED) is 0.791. The summed E-state index contributed by atoms with van der Waals surface area (Å²) in [6.07, 6.45) is 2.42. The van der Waals surface area contributed by atoms with E-state index in [0.717, 1.165) is 29.7 Å². The Morgan fingerprint density at radius 2 is 2.33 bits per heavy atom. The van der Waals surface area contributed by atoms with Gasteiger partial charge in [-0.2, -0.15) is 0 Å². The van der Waals surface area contributed by atoms with Crippen LogP contribution in [0.25, 0.3) is 0 Å². The summed E-state index contributed by atoms with van der Waals surface area (Å²) < 4.78 is 12.9. The number of carbonyl (C=O) groups excluding carboxylic acids is 1. The van der Waals surface area contributed by atoms with E-state index in [9.17, 15) is 4.79 Å². The molecule has 0 spiro atoms. The van der Waals surface area contributed by atoms with Crippen molar-refractivity contribution in [1.82, 2.24) is 9.55 Å². The van der Waals surface area contributed by atoms with E-state index in [2.05, 4.69) is 25.5 Å². The standard InChI is InChI=1S/C12H17BrN2O3/c1-17-6-5-10-14-11(13)9-4-3-8(7-15(9)10)12(16)18-2/h8H,3-7H2,1-2H3. The third-order valence-corrected chi connectivity index (χ3v) is 3.93. The van der Waals surface area contributed by atoms with Gasteiger partial charge in [-0.25, -0.2) is 4.98 Å². The van der Waals surface area contributed by atoms with Gasteiger partial charge in [-0.3, -0.25) is 4.79 Å². The van der Waals surface area contributed by atoms with Crippen LogP contribution in [0.4, 0.5) is 0 Å². The minimum absolute atomic E-state index is 0.0649. The number of nitrogens with zero attached hydrogens (tertiary/aromatic N) is 2. The molecule has 0 aliphatic carbocycles. The zero-order valence-electron chi connectivity index (χ0n) is 10.6. The average molecular weight is 317 g/mol. The van der Waals surface area contributed by atoms with Crippen LogP contribution in [0.2, 0.25) is 0 Å². The van der Waals surface area contributed by atoms with Crippen LogP contribution < -0.4 is 0 Å². The summed E-state index contributed by atoms with van der Waals surface area (Å²) in [5, 5.41) is 0. The average Bonchev–Trinajstić information content (AvgIpc) is 2.71. The molecule has 6 heteroatoms. The van der Waals surface area contributed by atoms with Crippen LogP contribution in [0, 0.1) is 5.92 Å². The maximum Gasteiger partial charge on any atom is 0.310 e. The highest BCUT2D eigenvalue weighted by Crippen LogP contribution is 2.28. The highest BCUT2D eigenvalue weighted by Gasteiger charge is 2.28. The van der Waals surface area contributed by atoms with E-state index >= 15 is 0 Å². The van der Waals surface area contributed by atoms with Crippen LogP contribution in [-0.4, -0.2) is 36.3 Å². The Hall–Kier alpha value is -0.880. The molecule has 2 rings (SSSR count). The fourth-order valence-corrected chi connectivity index (χ4v) is 2.94. The zero-order chi connectivity index (χ0) is 13.1. The summed E-state index contributed by atoms with van der Waals surface area (Å²) in [6, 6.07) is 0. The number of halogens is 1. The first-order valence-corrected chi connectivity index (χ1v) is 6.77. The molecule has 0 N–H and O–H groups in total. The molecule has 0 saturated heterocycles. The third kappa shape index (κ3) is 2.59. The summed E-state index contributed by atoms with van der Waals surface area (Å²) in [6.45, 7) is 1.28. The first-order valence-electron chi connectivity index (χ1n) is 5.98. The molecule has 1 aliphatic heterocycles. The number of esters is 1. The number of hydrogen-bond acceptors (Lipinski definition) is 4. The summed E-state index contributed by atoms with van der Waals surface area (Å²) in [7, 11) is 3.11. The summed E-state index contributed by atoms with van der Waals surface area (Å²) in [5.74, 6) is 0.764. The maximum absolute atomic E-state index is 11.6. The molecular weight excluding hydrogens is 300 g/mol. The zero-order valence-corrected chi connectivity index (χ0v) is 12.2. The topological polar surface area (TPSA) is 53.4 Å². The van der Waals surface area contributed by atoms with Gasteiger partial charge in [0.1, 0.15) is 10.4 Å². The summed E-state index contributed by atoms with van der Waals surface area (Å²) in [4.78, 5) is 16.1. The Labute approximate surface area is 115 Å². The second kappa shape index (κ2) is 5.84. The van der Waals surface area contributed by atoms with Gasteiger partial charge in [0.05, 0.1) is 25.3 Å². The van der Waals surface area contributed by atoms with Crippen molar-refractivity contribution in [1.29, 1.82) is 0 Å². The summed E-state index contributed by atoms with van der Waals surface area (Å²) >= 11 is 3.48. The largest absolute Gasteiger partial charge is 0.469 e. The van der Waals surface area contributed by atoms with Gasteiger partial charge >= 0.3 is 5.97 Å². The SMILES string of the molecule is COCCc1nc(Br)c2n1CC(C(=O)OC)CC2. The molecular formula is C12H17BrN2O3. The summed E-state index contributed by atoms with van der Waals surface area (Å²) in [5.41, 5.74) is 1.17. The van der Waals surface area contributed by atoms with E-state index in [1.807, 2.05) is 0 Å². The smallest absolute Gasteiger partial charge is 0.310 e. The Bertz CT molecular complexity index is 445. The number of carbonyl (C=O) groups is 1. The van der Waals surface area contributed by atoms with Crippen LogP contribution in [-0.2, 0) is 33.7 Å². The normalized spacial score (nSPS) is 18.5. The van der Waals surface area contributed by atoms with E-state index in [0.29, 0.717) is 13.2 Å². The van der Waals surface area contributed by atoms with E-state index in [1.54, 1.807) is 7.11 Å². The number of imidazole rings is 1. The molecule has 18 heavy (non-hydrogen) atoms. The van der Waals surface area contributed by atoms with Crippen LogP contribution in [0.1, 0.15) is 17.9 Å². The van der Waals surface area contributed by atoms with Gasteiger partial charge in [0.15, 0.2) is 0 Å². The Morgan fingerprint density at radius 3 is 3.00 bits per heavy atom. The van der Waals surface area contributed by atoms with Crippen LogP contribution in [0.3, 0.4) is 0 Å². The molecule has 0 amide bonds. The monoisotopic (exact) mass is 316 g/mol. The molecule has 100 valence electrons. The number of ether oxygens (including phenoxy) is 2. The van der Waals surface area contributed by atoms with Gasteiger partial charge < -0.3 is 14.0 Å². The van der Waals surface area contributed by atoms with Crippen molar-refractivity contribution < 1.29 is 14.3 Å². The minimum Gasteiger partial charge on any atom is -0.469 e. The van der Waals surface area contributed by atoms with Crippen LogP contribution >= 0.6 is 15.9 Å². The van der Waals surface area contributed by atoms with E-state index in [1.165, 1.54) is 12.8 Å². The lowest BCUT2D eigenvalue weighted by Crippen LogP contribution is -2.28. The Balaban J connectivity index is 2.20. The Kier molecular flexibility index (Phi) is 4.40. The molecule has 1 aromatic heterocycles. The number of rotatable bonds is 4. The molecule has 0 bridgehead atoms. The second-order valence-corrected chi connectivity index (χ2v) is 5.13. The van der Waals surface area contributed by atoms with E-state index < -0.39 is 0 Å². The molecule has 1 unspecified atom stereocenters. The minimum atomic E-state index is -0.136. The molecule has 1 aliphatic rings. The maximum atomic E-state index is 11.6. The predicted octanol–water partition coefficient (Wildman–Crippen LogP) is 1.57. The number of aromatic nitrogens is 2. The molecule has 5 nitrogen and oxygen atoms in total. The number of methoxy groups -OCH3 is 2. The van der Waals surface area contributed by atoms with Gasteiger partial charge in [-0.05, 0) is 28.8 Å². The number of hydrogen-bond donors (Lipinski definition) is 0. The van der Waals surface area contributed by atoms with Crippen molar-refractivity contribution >= 4 is 21.9 Å². The molecule has 0 fully saturated rings. The lowest BCUT2D eigenvalue weighted by molar-refractivity contribution is -0.146. The Morgan fingerprint density at radius 1 is 1.56 bits per heavy atom. The van der Waals surface area contributed by atoms with Gasteiger partial charge in [0.25, 0.3) is 0 Å². The third-order valence-electron chi connectivity index (χ3n) is 3.30. The molecule has 0 aromatic carbocycles. The predicted molar refractivity (Wildman–Crippen MR) is 69.3 cm³/mol. The first kappa shape index (κ1) is 13.5. The van der Waals surface area contributed by atoms with Gasteiger partial charge in [-0.15, -0.1) is 0 Å². The van der Waals surface area contributed by atoms with Crippen LogP contribution in [0.15, 0.2) is 4.60 Å². The number of fused-ring (bicyclic) bond motifs is 1. The van der Waals surface area contributed by atoms with Crippen molar-refractivity contribution in [3.05, 3.63) is 16.1 Å². The van der Waals surface area contributed by atoms with Gasteiger partial charge in [-0.1, -0.05) is 0 Å². The van der Waals surface area contributed by atoms with Crippen molar-refractivity contribution in [2.75, 3.05) is 20.8 Å². The second-order valence-electron chi connectivity index (χ2n) is 4.38. The van der Waals surface area contributed by atoms with Gasteiger partial charge in [0, 0.05) is 20.1 Å². The molecule has 2 heterocycles. The highest BCUT2D eigenvalue weighted by molar-refractivity contribution is 9.10. The van der Waals surface area contributed by atoms with E-state index in [4.69, 9.17) is 9.47 Å². The molecule has 0 radical (unpaired) electrons. The lowest BCUT2D eigenvalue weighted by Gasteiger charge is -2.23. The fourth-order valence-electron chi connectivity index (χ4n) is 2.32. The van der Waals surface area contributed by atoms with Crippen molar-refractivity contribution in [2.24, 2.45) is 5.92 Å². The highest BCUT2D eigenvalue weighted by atomic mass is 79.9. The molecule has 0 saturated carbocycles. The van der Waals surface area contributed by atoms with Crippen molar-refractivity contribution in [3.63, 3.8) is 0 Å². The van der Waals surface area contributed by atoms with E-state index in [-0.39, 0.29) is 11.9 Å². The fraction of sp³-hybridized carbons (Fsp3) is 0.667. The lowest BCUT2D eigenvalue weighted by atomic mass is 9.98. The molecule has 1 atom stereocenters. The first-order chi connectivity index (χ1) is 8.67. The van der Waals surface area contributed by atoms with Crippen molar-refractivity contribution in [2.45, 2.75) is 25.8 Å². The van der Waals surface area contributed by atoms with Gasteiger partial charge in [0.2, 0.25) is 0 Å². The molecule has 1 aromatic rings. The van der Waals surface area contributed by atoms with Crippen molar-refractivity contribution in [3.8, 4) is 0 Å².